The fourth-order valence-electron chi connectivity index (χ4n) is 4.67. The third-order valence-corrected chi connectivity index (χ3v) is 9.62. The number of hydrogen-bond acceptors (Lipinski definition) is 5. The summed E-state index contributed by atoms with van der Waals surface area (Å²) in [6, 6.07) is 28.1. The summed E-state index contributed by atoms with van der Waals surface area (Å²) in [4.78, 5) is 29.1. The van der Waals surface area contributed by atoms with E-state index < -0.39 is 34.4 Å². The minimum Gasteiger partial charge on any atom is -0.494 e. The Kier molecular flexibility index (Phi) is 11.4. The molecule has 0 aliphatic heterocycles. The van der Waals surface area contributed by atoms with Crippen molar-refractivity contribution in [3.05, 3.63) is 124 Å². The first kappa shape index (κ1) is 33.0. The highest BCUT2D eigenvalue weighted by Crippen LogP contribution is 2.28. The molecule has 4 aromatic carbocycles. The second-order valence-electron chi connectivity index (χ2n) is 9.83. The quantitative estimate of drug-likeness (QED) is 0.183. The number of halogens is 2. The van der Waals surface area contributed by atoms with Gasteiger partial charge in [-0.15, -0.1) is 0 Å². The molecule has 0 saturated heterocycles. The maximum atomic E-state index is 14.4. The first-order valence-corrected chi connectivity index (χ1v) is 16.5. The van der Waals surface area contributed by atoms with E-state index in [1.807, 2.05) is 37.3 Å². The predicted octanol–water partition coefficient (Wildman–Crippen LogP) is 6.08. The van der Waals surface area contributed by atoms with Gasteiger partial charge in [0.1, 0.15) is 18.3 Å². The number of nitrogens with one attached hydrogen (secondary N) is 1. The van der Waals surface area contributed by atoms with E-state index in [0.29, 0.717) is 27.4 Å². The summed E-state index contributed by atoms with van der Waals surface area (Å²) in [6.45, 7) is 1.71. The van der Waals surface area contributed by atoms with Gasteiger partial charge in [-0.25, -0.2) is 8.42 Å². The van der Waals surface area contributed by atoms with E-state index in [0.717, 1.165) is 9.87 Å². The van der Waals surface area contributed by atoms with Crippen LogP contribution in [0.1, 0.15) is 18.1 Å². The maximum Gasteiger partial charge on any atom is 0.264 e. The van der Waals surface area contributed by atoms with Crippen molar-refractivity contribution < 1.29 is 22.7 Å². The molecule has 0 heterocycles. The summed E-state index contributed by atoms with van der Waals surface area (Å²) >= 11 is 9.84. The first-order chi connectivity index (χ1) is 21.1. The molecule has 0 spiro atoms. The van der Waals surface area contributed by atoms with Gasteiger partial charge in [0.25, 0.3) is 10.0 Å². The lowest BCUT2D eigenvalue weighted by atomic mass is 10.0. The molecule has 0 bridgehead atoms. The van der Waals surface area contributed by atoms with Gasteiger partial charge in [0.15, 0.2) is 0 Å². The highest BCUT2D eigenvalue weighted by atomic mass is 79.9. The number of carbonyl (C=O) groups excluding carboxylic acids is 2. The molecule has 0 aliphatic rings. The van der Waals surface area contributed by atoms with Gasteiger partial charge in [-0.2, -0.15) is 0 Å². The number of hydrogen-bond donors (Lipinski definition) is 1. The summed E-state index contributed by atoms with van der Waals surface area (Å²) < 4.78 is 35.5. The molecule has 2 amide bonds. The fourth-order valence-corrected chi connectivity index (χ4v) is 6.54. The highest BCUT2D eigenvalue weighted by Gasteiger charge is 2.34. The van der Waals surface area contributed by atoms with Crippen molar-refractivity contribution in [3.63, 3.8) is 0 Å². The third-order valence-electron chi connectivity index (χ3n) is 6.93. The summed E-state index contributed by atoms with van der Waals surface area (Å²) in [5.74, 6) is -0.409. The predicted molar refractivity (Wildman–Crippen MR) is 176 cm³/mol. The van der Waals surface area contributed by atoms with Crippen molar-refractivity contribution in [3.8, 4) is 5.75 Å². The fraction of sp³-hybridized carbons (Fsp3) is 0.212. The van der Waals surface area contributed by atoms with Gasteiger partial charge in [0.2, 0.25) is 11.8 Å². The van der Waals surface area contributed by atoms with Crippen LogP contribution in [0.4, 0.5) is 5.69 Å². The van der Waals surface area contributed by atoms with Crippen LogP contribution in [0.3, 0.4) is 0 Å². The minimum absolute atomic E-state index is 0.00664. The van der Waals surface area contributed by atoms with Crippen molar-refractivity contribution in [1.82, 2.24) is 10.2 Å². The SMILES string of the molecule is CCOc1ccc(N(CC(=O)N(Cc2ccccc2Cl)[C@H](Cc2ccccc2)C(=O)NC)S(=O)(=O)c2ccc(Br)cc2)cc1. The largest absolute Gasteiger partial charge is 0.494 e. The van der Waals surface area contributed by atoms with Crippen LogP contribution in [0.5, 0.6) is 5.75 Å². The second-order valence-corrected chi connectivity index (χ2v) is 13.0. The van der Waals surface area contributed by atoms with Crippen LogP contribution >= 0.6 is 27.5 Å². The smallest absolute Gasteiger partial charge is 0.264 e. The number of amides is 2. The molecule has 0 aliphatic carbocycles. The molecule has 0 radical (unpaired) electrons. The van der Waals surface area contributed by atoms with Crippen molar-refractivity contribution in [1.29, 1.82) is 0 Å². The van der Waals surface area contributed by atoms with Gasteiger partial charge in [-0.1, -0.05) is 76.1 Å². The lowest BCUT2D eigenvalue weighted by molar-refractivity contribution is -0.139. The molecule has 1 N–H and O–H groups in total. The number of benzene rings is 4. The lowest BCUT2D eigenvalue weighted by Crippen LogP contribution is -2.53. The van der Waals surface area contributed by atoms with Gasteiger partial charge >= 0.3 is 0 Å². The van der Waals surface area contributed by atoms with E-state index in [-0.39, 0.29) is 23.5 Å². The molecular weight excluding hydrogens is 666 g/mol. The minimum atomic E-state index is -4.22. The summed E-state index contributed by atoms with van der Waals surface area (Å²) in [5.41, 5.74) is 1.72. The zero-order chi connectivity index (χ0) is 31.7. The van der Waals surface area contributed by atoms with Crippen LogP contribution in [0.25, 0.3) is 0 Å². The van der Waals surface area contributed by atoms with E-state index in [1.54, 1.807) is 60.7 Å². The van der Waals surface area contributed by atoms with Crippen molar-refractivity contribution in [2.75, 3.05) is 24.5 Å². The molecule has 4 rings (SSSR count). The van der Waals surface area contributed by atoms with Crippen LogP contribution in [0, 0.1) is 0 Å². The average Bonchev–Trinajstić information content (AvgIpc) is 3.03. The Morgan fingerprint density at radius 1 is 0.909 bits per heavy atom. The number of likely N-dealkylation sites (N-methyl/N-ethyl adjacent to an activating group) is 1. The number of ether oxygens (including phenoxy) is 1. The molecule has 11 heteroatoms. The number of rotatable bonds is 13. The van der Waals surface area contributed by atoms with Gasteiger partial charge in [0.05, 0.1) is 17.2 Å². The Hall–Kier alpha value is -3.86. The molecule has 0 saturated carbocycles. The van der Waals surface area contributed by atoms with Gasteiger partial charge in [-0.05, 0) is 72.6 Å². The van der Waals surface area contributed by atoms with Gasteiger partial charge < -0.3 is 15.0 Å². The molecule has 0 fully saturated rings. The summed E-state index contributed by atoms with van der Waals surface area (Å²) in [6.07, 6.45) is 0.208. The monoisotopic (exact) mass is 697 g/mol. The lowest BCUT2D eigenvalue weighted by Gasteiger charge is -2.33. The average molecular weight is 699 g/mol. The molecule has 44 heavy (non-hydrogen) atoms. The van der Waals surface area contributed by atoms with Gasteiger partial charge in [-0.3, -0.25) is 13.9 Å². The Labute approximate surface area is 271 Å². The Balaban J connectivity index is 1.79. The van der Waals surface area contributed by atoms with Crippen LogP contribution in [0.2, 0.25) is 5.02 Å². The van der Waals surface area contributed by atoms with Crippen LogP contribution < -0.4 is 14.4 Å². The second kappa shape index (κ2) is 15.2. The molecule has 230 valence electrons. The molecular formula is C33H33BrClN3O5S. The molecule has 1 atom stereocenters. The highest BCUT2D eigenvalue weighted by molar-refractivity contribution is 9.10. The molecule has 0 aromatic heterocycles. The van der Waals surface area contributed by atoms with Crippen LogP contribution in [0.15, 0.2) is 112 Å². The maximum absolute atomic E-state index is 14.4. The summed E-state index contributed by atoms with van der Waals surface area (Å²) in [7, 11) is -2.72. The van der Waals surface area contributed by atoms with Crippen LogP contribution in [-0.2, 0) is 32.6 Å². The number of anilines is 1. The summed E-state index contributed by atoms with van der Waals surface area (Å²) in [5, 5.41) is 3.09. The Bertz CT molecular complexity index is 1670. The standard InChI is InChI=1S/C33H33BrClN3O5S/c1-3-43-28-17-15-27(16-18-28)38(44(41,42)29-19-13-26(34)14-20-29)23-32(39)37(22-25-11-7-8-12-30(25)35)31(33(40)36-2)21-24-9-5-4-6-10-24/h4-20,31H,3,21-23H2,1-2H3,(H,36,40)/t31-/m1/s1. The molecule has 0 unspecified atom stereocenters. The van der Waals surface area contributed by atoms with E-state index >= 15 is 0 Å². The third kappa shape index (κ3) is 8.19. The zero-order valence-electron chi connectivity index (χ0n) is 24.3. The van der Waals surface area contributed by atoms with Crippen molar-refractivity contribution >= 4 is 55.1 Å². The first-order valence-electron chi connectivity index (χ1n) is 13.9. The van der Waals surface area contributed by atoms with Crippen LogP contribution in [-0.4, -0.2) is 51.4 Å². The topological polar surface area (TPSA) is 96.0 Å². The zero-order valence-corrected chi connectivity index (χ0v) is 27.5. The Morgan fingerprint density at radius 2 is 1.55 bits per heavy atom. The number of carbonyl (C=O) groups is 2. The molecule has 8 nitrogen and oxygen atoms in total. The van der Waals surface area contributed by atoms with E-state index in [2.05, 4.69) is 21.2 Å². The Morgan fingerprint density at radius 3 is 2.16 bits per heavy atom. The molecule has 4 aromatic rings. The number of nitrogens with zero attached hydrogens (tertiary/aromatic N) is 2. The number of sulfonamides is 1. The van der Waals surface area contributed by atoms with Gasteiger partial charge in [0, 0.05) is 29.5 Å². The van der Waals surface area contributed by atoms with E-state index in [4.69, 9.17) is 16.3 Å². The van der Waals surface area contributed by atoms with E-state index in [9.17, 15) is 18.0 Å². The van der Waals surface area contributed by atoms with Crippen molar-refractivity contribution in [2.24, 2.45) is 0 Å². The van der Waals surface area contributed by atoms with Crippen molar-refractivity contribution in [2.45, 2.75) is 30.8 Å². The normalized spacial score (nSPS) is 11.8. The van der Waals surface area contributed by atoms with E-state index in [1.165, 1.54) is 24.1 Å².